The number of amides is 1. The van der Waals surface area contributed by atoms with Crippen molar-refractivity contribution < 1.29 is 37.1 Å². The fraction of sp³-hybridized carbons (Fsp3) is 0.415. The first-order valence-corrected chi connectivity index (χ1v) is 26.6. The Morgan fingerprint density at radius 1 is 0.917 bits per heavy atom. The molecule has 3 aromatic heterocycles. The van der Waals surface area contributed by atoms with Gasteiger partial charge in [-0.1, -0.05) is 18.2 Å². The van der Waals surface area contributed by atoms with Crippen LogP contribution in [0.15, 0.2) is 108 Å². The second kappa shape index (κ2) is 19.0. The molecule has 0 unspecified atom stereocenters. The molecule has 18 nitrogen and oxygen atoms in total. The Bertz CT molecular complexity index is 3120. The molecule has 1 saturated carbocycles. The number of para-hydroxylation sites is 1. The smallest absolute Gasteiger partial charge is 0.293 e. The summed E-state index contributed by atoms with van der Waals surface area (Å²) in [5.74, 6) is 1.41. The van der Waals surface area contributed by atoms with E-state index in [1.807, 2.05) is 47.4 Å². The number of aromatic amines is 1. The molecule has 8 heterocycles. The molecule has 1 spiro atoms. The van der Waals surface area contributed by atoms with Crippen LogP contribution in [0, 0.1) is 21.4 Å². The number of piperidine rings is 1. The highest BCUT2D eigenvalue weighted by atomic mass is 32.2. The van der Waals surface area contributed by atoms with Crippen LogP contribution in [0.4, 0.5) is 28.4 Å². The van der Waals surface area contributed by atoms with Crippen LogP contribution in [0.3, 0.4) is 0 Å². The number of hydrogen-bond acceptors (Lipinski definition) is 15. The number of sulfonamides is 1. The average molecular weight is 996 g/mol. The lowest BCUT2D eigenvalue weighted by molar-refractivity contribution is -0.384. The molecule has 5 aliphatic heterocycles. The third-order valence-electron chi connectivity index (χ3n) is 15.9. The van der Waals surface area contributed by atoms with E-state index in [0.29, 0.717) is 68.0 Å². The molecule has 72 heavy (non-hydrogen) atoms. The monoisotopic (exact) mass is 995 g/mol. The molecule has 1 aliphatic carbocycles. The Morgan fingerprint density at radius 3 is 2.56 bits per heavy atom. The second-order valence-corrected chi connectivity index (χ2v) is 21.8. The van der Waals surface area contributed by atoms with Crippen molar-refractivity contribution in [3.8, 4) is 17.4 Å². The molecule has 0 radical (unpaired) electrons. The van der Waals surface area contributed by atoms with Crippen molar-refractivity contribution in [1.82, 2.24) is 24.6 Å². The number of aromatic nitrogens is 3. The summed E-state index contributed by atoms with van der Waals surface area (Å²) in [6, 6.07) is 25.7. The average Bonchev–Trinajstić information content (AvgIpc) is 4.19. The van der Waals surface area contributed by atoms with Gasteiger partial charge in [0.15, 0.2) is 0 Å². The number of hydrogen-bond donors (Lipinski definition) is 3. The first-order chi connectivity index (χ1) is 35.1. The van der Waals surface area contributed by atoms with Gasteiger partial charge in [-0.25, -0.2) is 13.1 Å². The summed E-state index contributed by atoms with van der Waals surface area (Å²) in [6.07, 6.45) is 13.1. The zero-order valence-electron chi connectivity index (χ0n) is 39.8. The van der Waals surface area contributed by atoms with E-state index in [9.17, 15) is 23.3 Å². The fourth-order valence-electron chi connectivity index (χ4n) is 12.0. The molecule has 0 bridgehead atoms. The number of H-pyrrole nitrogens is 1. The van der Waals surface area contributed by atoms with Crippen molar-refractivity contribution in [3.05, 3.63) is 125 Å². The minimum atomic E-state index is -4.60. The Labute approximate surface area is 417 Å². The van der Waals surface area contributed by atoms with E-state index in [2.05, 4.69) is 48.0 Å². The summed E-state index contributed by atoms with van der Waals surface area (Å²) >= 11 is 0. The number of ether oxygens (including phenoxy) is 4. The lowest BCUT2D eigenvalue weighted by atomic mass is 9.60. The molecule has 6 aliphatic rings. The van der Waals surface area contributed by atoms with Crippen LogP contribution in [-0.4, -0.2) is 110 Å². The highest BCUT2D eigenvalue weighted by Gasteiger charge is 2.50. The predicted octanol–water partition coefficient (Wildman–Crippen LogP) is 8.50. The third-order valence-corrected chi connectivity index (χ3v) is 17.2. The zero-order valence-corrected chi connectivity index (χ0v) is 40.6. The van der Waals surface area contributed by atoms with E-state index < -0.39 is 37.5 Å². The van der Waals surface area contributed by atoms with Crippen LogP contribution in [0.5, 0.6) is 17.4 Å². The van der Waals surface area contributed by atoms with Gasteiger partial charge in [0, 0.05) is 86.2 Å². The van der Waals surface area contributed by atoms with Crippen molar-refractivity contribution in [2.24, 2.45) is 11.3 Å². The van der Waals surface area contributed by atoms with Gasteiger partial charge in [0.05, 0.1) is 40.3 Å². The molecular weight excluding hydrogens is 939 g/mol. The van der Waals surface area contributed by atoms with Crippen LogP contribution >= 0.6 is 0 Å². The Morgan fingerprint density at radius 2 is 1.74 bits per heavy atom. The number of pyridine rings is 2. The summed E-state index contributed by atoms with van der Waals surface area (Å²) in [5, 5.41) is 16.3. The number of rotatable bonds is 13. The maximum absolute atomic E-state index is 14.6. The van der Waals surface area contributed by atoms with Crippen molar-refractivity contribution in [3.63, 3.8) is 0 Å². The molecule has 6 aromatic rings. The lowest BCUT2D eigenvalue weighted by Crippen LogP contribution is -2.54. The number of benzene rings is 3. The maximum atomic E-state index is 14.6. The summed E-state index contributed by atoms with van der Waals surface area (Å²) in [6.45, 7) is 5.03. The lowest BCUT2D eigenvalue weighted by Gasteiger charge is -2.56. The van der Waals surface area contributed by atoms with E-state index in [0.717, 1.165) is 99.6 Å². The van der Waals surface area contributed by atoms with Gasteiger partial charge in [-0.2, -0.15) is 4.98 Å². The molecule has 3 aromatic carbocycles. The normalized spacial score (nSPS) is 22.2. The van der Waals surface area contributed by atoms with Gasteiger partial charge in [-0.05, 0) is 130 Å². The number of nitro groups is 1. The first kappa shape index (κ1) is 46.3. The third kappa shape index (κ3) is 8.85. The molecule has 5 fully saturated rings. The van der Waals surface area contributed by atoms with Crippen LogP contribution < -0.4 is 29.3 Å². The SMILES string of the molecule is O=C(NS(=O)(=O)c1ccc(NCC2CCOCC2)c([N+](=O)[O-])c1)c1ccc(N2CCC3(CC2)CC(N2CCC[C@H]2c2ccccc2Oc2ccncc2)C3)cc1N1c2cc3cc[nH]c3nc2O[C@@H]2COC[C@H]21. The molecule has 4 saturated heterocycles. The number of anilines is 4. The van der Waals surface area contributed by atoms with Crippen LogP contribution in [0.25, 0.3) is 11.0 Å². The summed E-state index contributed by atoms with van der Waals surface area (Å²) in [4.78, 5) is 45.1. The van der Waals surface area contributed by atoms with E-state index >= 15 is 0 Å². The Hall–Kier alpha value is -6.80. The molecule has 374 valence electrons. The van der Waals surface area contributed by atoms with E-state index in [-0.39, 0.29) is 28.6 Å². The molecular formula is C53H57N9O9S. The molecule has 12 rings (SSSR count). The standard InChI is InChI=1S/C53H57N9O9S/c63-51(58-72(66,67)39-8-10-42(45(28-39)62(64)65)56-31-34-14-24-68-25-15-34)41-9-7-36(27-44(41)61-46-26-35-11-20-55-50(35)57-52(46)71-49-33-69-32-47(49)61)59-22-16-53(17-23-59)29-37(30-53)60-21-3-5-43(60)40-4-1-2-6-48(40)70-38-12-18-54-19-13-38/h1-2,4,6-13,18-20,26-28,34,37,43,47,49,56H,3,5,14-17,21-25,29-33H2,(H,55,57)(H,58,63)/t43-,47+,49+/m0/s1. The first-order valence-electron chi connectivity index (χ1n) is 25.1. The van der Waals surface area contributed by atoms with E-state index in [1.54, 1.807) is 24.7 Å². The highest BCUT2D eigenvalue weighted by molar-refractivity contribution is 7.90. The number of fused-ring (bicyclic) bond motifs is 3. The van der Waals surface area contributed by atoms with Crippen molar-refractivity contribution in [2.75, 3.05) is 67.7 Å². The minimum absolute atomic E-state index is 0.0995. The number of nitrogens with zero attached hydrogens (tertiary/aromatic N) is 6. The number of likely N-dealkylation sites (tertiary alicyclic amines) is 1. The van der Waals surface area contributed by atoms with Gasteiger partial charge in [-0.3, -0.25) is 24.8 Å². The quantitative estimate of drug-likeness (QED) is 0.0733. The van der Waals surface area contributed by atoms with Gasteiger partial charge in [0.1, 0.15) is 34.6 Å². The number of carbonyl (C=O) groups is 1. The number of carbonyl (C=O) groups excluding carboxylic acids is 1. The van der Waals surface area contributed by atoms with Crippen molar-refractivity contribution in [1.29, 1.82) is 0 Å². The number of nitro benzene ring substituents is 1. The molecule has 1 amide bonds. The van der Waals surface area contributed by atoms with Gasteiger partial charge in [-0.15, -0.1) is 0 Å². The van der Waals surface area contributed by atoms with E-state index in [1.165, 1.54) is 17.7 Å². The predicted molar refractivity (Wildman–Crippen MR) is 270 cm³/mol. The Kier molecular flexibility index (Phi) is 12.2. The van der Waals surface area contributed by atoms with Gasteiger partial charge in [0.2, 0.25) is 5.88 Å². The van der Waals surface area contributed by atoms with Gasteiger partial charge >= 0.3 is 0 Å². The van der Waals surface area contributed by atoms with Crippen LogP contribution in [0.2, 0.25) is 0 Å². The van der Waals surface area contributed by atoms with Crippen LogP contribution in [0.1, 0.15) is 73.3 Å². The number of nitrogens with one attached hydrogen (secondary N) is 3. The summed E-state index contributed by atoms with van der Waals surface area (Å²) in [7, 11) is -4.60. The molecule has 19 heteroatoms. The Balaban J connectivity index is 0.801. The van der Waals surface area contributed by atoms with Crippen molar-refractivity contribution in [2.45, 2.75) is 80.5 Å². The van der Waals surface area contributed by atoms with Gasteiger partial charge < -0.3 is 39.0 Å². The highest BCUT2D eigenvalue weighted by Crippen LogP contribution is 2.55. The van der Waals surface area contributed by atoms with Crippen LogP contribution in [-0.2, 0) is 19.5 Å². The second-order valence-electron chi connectivity index (χ2n) is 20.1. The molecule has 3 N–H and O–H groups in total. The van der Waals surface area contributed by atoms with E-state index in [4.69, 9.17) is 23.9 Å². The fourth-order valence-corrected chi connectivity index (χ4v) is 13.0. The van der Waals surface area contributed by atoms with Gasteiger partial charge in [0.25, 0.3) is 21.6 Å². The molecule has 3 atom stereocenters. The minimum Gasteiger partial charge on any atom is -0.468 e. The summed E-state index contributed by atoms with van der Waals surface area (Å²) in [5.41, 5.74) is 3.99. The summed E-state index contributed by atoms with van der Waals surface area (Å²) < 4.78 is 54.7. The topological polar surface area (TPSA) is 207 Å². The zero-order chi connectivity index (χ0) is 49.0. The van der Waals surface area contributed by atoms with Crippen molar-refractivity contribution >= 4 is 55.4 Å². The maximum Gasteiger partial charge on any atom is 0.293 e. The largest absolute Gasteiger partial charge is 0.468 e.